The van der Waals surface area contributed by atoms with Crippen molar-refractivity contribution in [2.24, 2.45) is 0 Å². The van der Waals surface area contributed by atoms with Crippen molar-refractivity contribution in [3.63, 3.8) is 0 Å². The summed E-state index contributed by atoms with van der Waals surface area (Å²) in [5.41, 5.74) is 0. The minimum atomic E-state index is -0.547. The first-order chi connectivity index (χ1) is 28.2. The second kappa shape index (κ2) is 49.7. The number of aliphatic hydroxyl groups excluding tert-OH is 1. The van der Waals surface area contributed by atoms with E-state index in [4.69, 9.17) is 9.47 Å². The SMILES string of the molecule is CC/C=C\C/C=C\C/C=C\C/C=C\C/C=C\CCCCCCCCCCOCC(CO)OC(=O)CCCCCCCCCCC/C=C\C/C=C\CCCCCCC. The molecule has 0 aliphatic heterocycles. The van der Waals surface area contributed by atoms with Gasteiger partial charge in [-0.15, -0.1) is 0 Å². The average molecular weight is 793 g/mol. The van der Waals surface area contributed by atoms with Gasteiger partial charge in [0.1, 0.15) is 6.10 Å². The standard InChI is InChI=1S/C53H92O4/c1-3-5-7-9-11-13-15-17-19-21-23-25-26-27-29-31-33-35-37-39-41-43-45-47-49-56-51-52(50-54)57-53(55)48-46-44-42-40-38-36-34-32-30-28-24-22-20-18-16-14-12-10-8-6-4-2/h5,7,11,13,16-19,22-25,27,29,52,54H,3-4,6,8-10,12,14-15,20-21,26,28,30-51H2,1-2H3/b7-5-,13-11-,18-16-,19-17-,24-22-,25-23-,29-27-. The largest absolute Gasteiger partial charge is 0.457 e. The average Bonchev–Trinajstić information content (AvgIpc) is 3.22. The molecule has 0 rings (SSSR count). The number of carbonyl (C=O) groups is 1. The van der Waals surface area contributed by atoms with Crippen LogP contribution in [0.2, 0.25) is 0 Å². The molecule has 0 fully saturated rings. The van der Waals surface area contributed by atoms with E-state index in [0.717, 1.165) is 57.8 Å². The number of ether oxygens (including phenoxy) is 2. The minimum absolute atomic E-state index is 0.181. The zero-order valence-corrected chi connectivity index (χ0v) is 37.6. The normalized spacial score (nSPS) is 13.1. The fourth-order valence-electron chi connectivity index (χ4n) is 6.62. The number of esters is 1. The van der Waals surface area contributed by atoms with Gasteiger partial charge >= 0.3 is 5.97 Å². The van der Waals surface area contributed by atoms with Crippen molar-refractivity contribution in [2.45, 2.75) is 225 Å². The molecule has 1 unspecified atom stereocenters. The van der Waals surface area contributed by atoms with Crippen molar-refractivity contribution >= 4 is 5.97 Å². The Kier molecular flexibility index (Phi) is 47.6. The highest BCUT2D eigenvalue weighted by Gasteiger charge is 2.13. The van der Waals surface area contributed by atoms with E-state index in [0.29, 0.717) is 13.0 Å². The Morgan fingerprint density at radius 1 is 0.439 bits per heavy atom. The smallest absolute Gasteiger partial charge is 0.306 e. The van der Waals surface area contributed by atoms with Gasteiger partial charge in [-0.25, -0.2) is 0 Å². The van der Waals surface area contributed by atoms with Crippen molar-refractivity contribution in [2.75, 3.05) is 19.8 Å². The molecule has 0 radical (unpaired) electrons. The molecule has 0 saturated heterocycles. The maximum atomic E-state index is 12.3. The first-order valence-electron chi connectivity index (χ1n) is 24.2. The van der Waals surface area contributed by atoms with Crippen LogP contribution in [0.15, 0.2) is 85.1 Å². The fourth-order valence-corrected chi connectivity index (χ4v) is 6.62. The van der Waals surface area contributed by atoms with Crippen LogP contribution < -0.4 is 0 Å². The lowest BCUT2D eigenvalue weighted by atomic mass is 10.1. The van der Waals surface area contributed by atoms with Gasteiger partial charge in [-0.05, 0) is 89.9 Å². The predicted octanol–water partition coefficient (Wildman–Crippen LogP) is 16.3. The van der Waals surface area contributed by atoms with Gasteiger partial charge in [0.05, 0.1) is 13.2 Å². The summed E-state index contributed by atoms with van der Waals surface area (Å²) in [6, 6.07) is 0. The Balaban J connectivity index is 3.48. The molecule has 0 spiro atoms. The monoisotopic (exact) mass is 793 g/mol. The Hall–Kier alpha value is -2.43. The number of unbranched alkanes of at least 4 members (excludes halogenated alkanes) is 22. The Bertz CT molecular complexity index is 1020. The molecule has 0 aromatic rings. The van der Waals surface area contributed by atoms with Crippen LogP contribution in [0.4, 0.5) is 0 Å². The van der Waals surface area contributed by atoms with Crippen LogP contribution in [0.5, 0.6) is 0 Å². The molecular formula is C53H92O4. The summed E-state index contributed by atoms with van der Waals surface area (Å²) in [4.78, 5) is 12.3. The van der Waals surface area contributed by atoms with Gasteiger partial charge < -0.3 is 14.6 Å². The third-order valence-corrected chi connectivity index (χ3v) is 10.2. The predicted molar refractivity (Wildman–Crippen MR) is 251 cm³/mol. The molecule has 1 N–H and O–H groups in total. The Labute approximate surface area is 354 Å². The summed E-state index contributed by atoms with van der Waals surface area (Å²) in [7, 11) is 0. The molecule has 328 valence electrons. The maximum Gasteiger partial charge on any atom is 0.306 e. The molecule has 0 aromatic carbocycles. The summed E-state index contributed by atoms with van der Waals surface area (Å²) in [6.45, 7) is 5.20. The van der Waals surface area contributed by atoms with E-state index in [2.05, 4.69) is 98.9 Å². The lowest BCUT2D eigenvalue weighted by Crippen LogP contribution is -2.27. The summed E-state index contributed by atoms with van der Waals surface area (Å²) < 4.78 is 11.2. The number of allylic oxidation sites excluding steroid dienone is 14. The van der Waals surface area contributed by atoms with Crippen LogP contribution in [-0.4, -0.2) is 37.0 Å². The zero-order valence-electron chi connectivity index (χ0n) is 37.6. The highest BCUT2D eigenvalue weighted by Crippen LogP contribution is 2.14. The van der Waals surface area contributed by atoms with Crippen LogP contribution >= 0.6 is 0 Å². The summed E-state index contributed by atoms with van der Waals surface area (Å²) in [5, 5.41) is 9.64. The lowest BCUT2D eigenvalue weighted by molar-refractivity contribution is -0.154. The Morgan fingerprint density at radius 3 is 1.19 bits per heavy atom. The van der Waals surface area contributed by atoms with E-state index in [1.165, 1.54) is 141 Å². The van der Waals surface area contributed by atoms with Gasteiger partial charge in [-0.1, -0.05) is 208 Å². The van der Waals surface area contributed by atoms with Gasteiger partial charge in [-0.2, -0.15) is 0 Å². The third kappa shape index (κ3) is 47.8. The molecule has 1 atom stereocenters. The van der Waals surface area contributed by atoms with Crippen LogP contribution in [0.1, 0.15) is 219 Å². The van der Waals surface area contributed by atoms with E-state index in [1.54, 1.807) is 0 Å². The van der Waals surface area contributed by atoms with Gasteiger partial charge in [0.2, 0.25) is 0 Å². The van der Waals surface area contributed by atoms with E-state index in [9.17, 15) is 9.90 Å². The van der Waals surface area contributed by atoms with E-state index >= 15 is 0 Å². The van der Waals surface area contributed by atoms with Gasteiger partial charge in [0, 0.05) is 13.0 Å². The van der Waals surface area contributed by atoms with Gasteiger partial charge in [0.25, 0.3) is 0 Å². The van der Waals surface area contributed by atoms with Crippen molar-refractivity contribution in [3.05, 3.63) is 85.1 Å². The number of rotatable bonds is 44. The summed E-state index contributed by atoms with van der Waals surface area (Å²) in [6.07, 6.45) is 69.4. The van der Waals surface area contributed by atoms with Crippen LogP contribution in [0.3, 0.4) is 0 Å². The number of hydrogen-bond acceptors (Lipinski definition) is 4. The van der Waals surface area contributed by atoms with Crippen molar-refractivity contribution in [1.29, 1.82) is 0 Å². The summed E-state index contributed by atoms with van der Waals surface area (Å²) in [5.74, 6) is -0.210. The first kappa shape index (κ1) is 54.6. The molecule has 57 heavy (non-hydrogen) atoms. The van der Waals surface area contributed by atoms with Crippen molar-refractivity contribution < 1.29 is 19.4 Å². The molecule has 0 aromatic heterocycles. The molecule has 0 bridgehead atoms. The third-order valence-electron chi connectivity index (χ3n) is 10.2. The Morgan fingerprint density at radius 2 is 0.789 bits per heavy atom. The molecule has 0 heterocycles. The lowest BCUT2D eigenvalue weighted by Gasteiger charge is -2.16. The highest BCUT2D eigenvalue weighted by molar-refractivity contribution is 5.69. The van der Waals surface area contributed by atoms with Crippen molar-refractivity contribution in [3.8, 4) is 0 Å². The molecular weight excluding hydrogens is 701 g/mol. The molecule has 0 amide bonds. The van der Waals surface area contributed by atoms with E-state index < -0.39 is 6.10 Å². The van der Waals surface area contributed by atoms with Crippen LogP contribution in [0.25, 0.3) is 0 Å². The van der Waals surface area contributed by atoms with Crippen LogP contribution in [0, 0.1) is 0 Å². The number of aliphatic hydroxyl groups is 1. The minimum Gasteiger partial charge on any atom is -0.457 e. The van der Waals surface area contributed by atoms with E-state index in [-0.39, 0.29) is 19.2 Å². The second-order valence-corrected chi connectivity index (χ2v) is 15.8. The molecule has 4 nitrogen and oxygen atoms in total. The fraction of sp³-hybridized carbons (Fsp3) is 0.717. The highest BCUT2D eigenvalue weighted by atomic mass is 16.6. The summed E-state index contributed by atoms with van der Waals surface area (Å²) >= 11 is 0. The topological polar surface area (TPSA) is 55.8 Å². The molecule has 0 saturated carbocycles. The van der Waals surface area contributed by atoms with Crippen molar-refractivity contribution in [1.82, 2.24) is 0 Å². The second-order valence-electron chi connectivity index (χ2n) is 15.8. The molecule has 0 aliphatic rings. The van der Waals surface area contributed by atoms with E-state index in [1.807, 2.05) is 0 Å². The quantitative estimate of drug-likeness (QED) is 0.0379. The zero-order chi connectivity index (χ0) is 41.2. The van der Waals surface area contributed by atoms with Crippen LogP contribution in [-0.2, 0) is 14.3 Å². The van der Waals surface area contributed by atoms with Gasteiger partial charge in [-0.3, -0.25) is 4.79 Å². The molecule has 4 heteroatoms. The first-order valence-corrected chi connectivity index (χ1v) is 24.2. The van der Waals surface area contributed by atoms with Gasteiger partial charge in [0.15, 0.2) is 0 Å². The number of hydrogen-bond donors (Lipinski definition) is 1. The molecule has 0 aliphatic carbocycles. The maximum absolute atomic E-state index is 12.3. The number of carbonyl (C=O) groups excluding carboxylic acids is 1.